The summed E-state index contributed by atoms with van der Waals surface area (Å²) in [6.45, 7) is 3.59. The fourth-order valence-corrected chi connectivity index (χ4v) is 10.1. The van der Waals surface area contributed by atoms with Crippen LogP contribution in [0.2, 0.25) is 0 Å². The molecule has 11 unspecified atom stereocenters. The second-order valence-electron chi connectivity index (χ2n) is 22.6. The zero-order chi connectivity index (χ0) is 57.9. The van der Waals surface area contributed by atoms with Gasteiger partial charge in [0.25, 0.3) is 0 Å². The summed E-state index contributed by atoms with van der Waals surface area (Å²) in [6, 6.07) is 0. The van der Waals surface area contributed by atoms with Gasteiger partial charge >= 0.3 is 5.97 Å². The van der Waals surface area contributed by atoms with Gasteiger partial charge in [-0.15, -0.1) is 0 Å². The van der Waals surface area contributed by atoms with E-state index in [4.69, 9.17) is 28.4 Å². The molecule has 0 saturated carbocycles. The quantitative estimate of drug-likeness (QED) is 0.0172. The summed E-state index contributed by atoms with van der Waals surface area (Å²) in [7, 11) is 0. The molecule has 7 N–H and O–H groups in total. The molecule has 2 rings (SSSR count). The Morgan fingerprint density at radius 2 is 0.812 bits per heavy atom. The third-order valence-corrected chi connectivity index (χ3v) is 15.3. The van der Waals surface area contributed by atoms with Crippen molar-refractivity contribution in [2.75, 3.05) is 33.0 Å². The van der Waals surface area contributed by atoms with Crippen molar-refractivity contribution in [3.63, 3.8) is 0 Å². The second kappa shape index (κ2) is 52.3. The van der Waals surface area contributed by atoms with Crippen LogP contribution in [-0.2, 0) is 33.2 Å². The number of carbonyl (C=O) groups is 1. The van der Waals surface area contributed by atoms with Crippen LogP contribution in [0.5, 0.6) is 0 Å². The third-order valence-electron chi connectivity index (χ3n) is 15.3. The van der Waals surface area contributed by atoms with Crippen LogP contribution in [0.3, 0.4) is 0 Å². The predicted octanol–water partition coefficient (Wildman–Crippen LogP) is 12.8. The summed E-state index contributed by atoms with van der Waals surface area (Å²) >= 11 is 0. The molecule has 11 atom stereocenters. The van der Waals surface area contributed by atoms with Gasteiger partial charge in [-0.3, -0.25) is 4.79 Å². The summed E-state index contributed by atoms with van der Waals surface area (Å²) in [5.74, 6) is -0.391. The molecule has 0 spiro atoms. The molecule has 0 aliphatic carbocycles. The Morgan fingerprint density at radius 3 is 1.27 bits per heavy atom. The summed E-state index contributed by atoms with van der Waals surface area (Å²) in [5, 5.41) is 72.5. The molecule has 2 aliphatic heterocycles. The lowest BCUT2D eigenvalue weighted by atomic mass is 9.98. The molecule has 0 bridgehead atoms. The number of hydrogen-bond donors (Lipinski definition) is 7. The molecule has 14 nitrogen and oxygen atoms in total. The molecule has 80 heavy (non-hydrogen) atoms. The number of carbonyl (C=O) groups excluding carboxylic acids is 1. The number of hydrogen-bond acceptors (Lipinski definition) is 14. The van der Waals surface area contributed by atoms with Gasteiger partial charge in [0.1, 0.15) is 54.9 Å². The fraction of sp³-hybridized carbons (Fsp3) is 0.833. The van der Waals surface area contributed by atoms with Crippen LogP contribution in [0.4, 0.5) is 0 Å². The van der Waals surface area contributed by atoms with E-state index in [2.05, 4.69) is 74.6 Å². The number of unbranched alkanes of at least 4 members (excludes halogenated alkanes) is 29. The van der Waals surface area contributed by atoms with Gasteiger partial charge in [0.15, 0.2) is 12.6 Å². The van der Waals surface area contributed by atoms with Crippen molar-refractivity contribution in [2.24, 2.45) is 0 Å². The monoisotopic (exact) mass is 1130 g/mol. The second-order valence-corrected chi connectivity index (χ2v) is 22.6. The van der Waals surface area contributed by atoms with Crippen LogP contribution in [0.15, 0.2) is 60.8 Å². The first-order valence-electron chi connectivity index (χ1n) is 32.4. The minimum Gasteiger partial charge on any atom is -0.457 e. The number of ether oxygens (including phenoxy) is 6. The van der Waals surface area contributed by atoms with E-state index < -0.39 is 86.7 Å². The topological polar surface area (TPSA) is 214 Å². The number of allylic oxidation sites excluding steroid dienone is 10. The first-order valence-corrected chi connectivity index (χ1v) is 32.4. The molecular formula is C66H118O14. The van der Waals surface area contributed by atoms with Gasteiger partial charge in [0.2, 0.25) is 0 Å². The molecule has 0 amide bonds. The van der Waals surface area contributed by atoms with Crippen molar-refractivity contribution in [3.8, 4) is 0 Å². The van der Waals surface area contributed by atoms with Crippen molar-refractivity contribution in [1.82, 2.24) is 0 Å². The van der Waals surface area contributed by atoms with Crippen molar-refractivity contribution >= 4 is 5.97 Å². The Morgan fingerprint density at radius 1 is 0.425 bits per heavy atom. The van der Waals surface area contributed by atoms with Crippen molar-refractivity contribution < 1.29 is 69.0 Å². The van der Waals surface area contributed by atoms with Gasteiger partial charge in [-0.2, -0.15) is 0 Å². The lowest BCUT2D eigenvalue weighted by molar-refractivity contribution is -0.332. The van der Waals surface area contributed by atoms with Gasteiger partial charge in [0.05, 0.1) is 26.4 Å². The van der Waals surface area contributed by atoms with E-state index in [1.54, 1.807) is 0 Å². The van der Waals surface area contributed by atoms with E-state index in [9.17, 15) is 40.5 Å². The summed E-state index contributed by atoms with van der Waals surface area (Å²) in [5.41, 5.74) is 0. The number of rotatable bonds is 53. The van der Waals surface area contributed by atoms with E-state index in [1.807, 2.05) is 0 Å². The Hall–Kier alpha value is -2.31. The van der Waals surface area contributed by atoms with Gasteiger partial charge in [-0.25, -0.2) is 0 Å². The van der Waals surface area contributed by atoms with E-state index in [1.165, 1.54) is 141 Å². The van der Waals surface area contributed by atoms with E-state index in [0.29, 0.717) is 13.0 Å². The highest BCUT2D eigenvalue weighted by atomic mass is 16.7. The molecule has 2 saturated heterocycles. The van der Waals surface area contributed by atoms with Crippen molar-refractivity contribution in [3.05, 3.63) is 60.8 Å². The molecule has 2 fully saturated rings. The van der Waals surface area contributed by atoms with Crippen LogP contribution in [0, 0.1) is 0 Å². The molecule has 2 heterocycles. The maximum atomic E-state index is 13.1. The predicted molar refractivity (Wildman–Crippen MR) is 321 cm³/mol. The van der Waals surface area contributed by atoms with E-state index >= 15 is 0 Å². The lowest BCUT2D eigenvalue weighted by Crippen LogP contribution is -2.61. The van der Waals surface area contributed by atoms with Crippen molar-refractivity contribution in [2.45, 2.75) is 319 Å². The van der Waals surface area contributed by atoms with Crippen LogP contribution in [-0.4, -0.2) is 142 Å². The lowest BCUT2D eigenvalue weighted by Gasteiger charge is -2.42. The third kappa shape index (κ3) is 37.8. The van der Waals surface area contributed by atoms with E-state index in [-0.39, 0.29) is 19.6 Å². The minimum absolute atomic E-state index is 0.0542. The Labute approximate surface area is 485 Å². The van der Waals surface area contributed by atoms with Gasteiger partial charge in [-0.05, 0) is 57.8 Å². The smallest absolute Gasteiger partial charge is 0.306 e. The maximum Gasteiger partial charge on any atom is 0.306 e. The molecule has 14 heteroatoms. The normalized spacial score (nSPS) is 24.2. The zero-order valence-corrected chi connectivity index (χ0v) is 50.3. The van der Waals surface area contributed by atoms with Crippen LogP contribution >= 0.6 is 0 Å². The fourth-order valence-electron chi connectivity index (χ4n) is 10.1. The molecule has 0 aromatic heterocycles. The molecular weight excluding hydrogens is 1020 g/mol. The summed E-state index contributed by atoms with van der Waals surface area (Å²) in [4.78, 5) is 13.1. The SMILES string of the molecule is CC/C=C\C/C=C\C/C=C\C/C=C\C/C=C\CCCCCCCC(=O)OC(COCCCCCCCCCCCCCCCCCCCCCCCCCCC)COC1OC(COC2OC(CO)C(O)C(O)C2O)C(O)C(O)C1O. The van der Waals surface area contributed by atoms with Crippen LogP contribution < -0.4 is 0 Å². The van der Waals surface area contributed by atoms with E-state index in [0.717, 1.165) is 83.5 Å². The Bertz CT molecular complexity index is 1550. The Kier molecular flexibility index (Phi) is 48.2. The van der Waals surface area contributed by atoms with Crippen LogP contribution in [0.25, 0.3) is 0 Å². The molecule has 466 valence electrons. The largest absolute Gasteiger partial charge is 0.457 e. The highest BCUT2D eigenvalue weighted by Crippen LogP contribution is 2.27. The summed E-state index contributed by atoms with van der Waals surface area (Å²) in [6.07, 6.45) is 50.0. The van der Waals surface area contributed by atoms with Gasteiger partial charge in [-0.1, -0.05) is 248 Å². The number of aliphatic hydroxyl groups excluding tert-OH is 7. The minimum atomic E-state index is -1.71. The zero-order valence-electron chi connectivity index (χ0n) is 50.3. The molecule has 0 aromatic carbocycles. The Balaban J connectivity index is 1.67. The maximum absolute atomic E-state index is 13.1. The molecule has 0 aromatic rings. The van der Waals surface area contributed by atoms with Gasteiger partial charge in [0, 0.05) is 13.0 Å². The van der Waals surface area contributed by atoms with Crippen molar-refractivity contribution in [1.29, 1.82) is 0 Å². The summed E-state index contributed by atoms with van der Waals surface area (Å²) < 4.78 is 34.5. The number of esters is 1. The highest BCUT2D eigenvalue weighted by Gasteiger charge is 2.47. The number of aliphatic hydroxyl groups is 7. The average molecular weight is 1140 g/mol. The van der Waals surface area contributed by atoms with Crippen LogP contribution in [0.1, 0.15) is 251 Å². The molecule has 0 radical (unpaired) electrons. The standard InChI is InChI=1S/C66H118O14/c1-3-5-7-9-11-13-15-17-19-21-23-25-26-27-28-30-32-34-36-38-40-42-44-46-48-50-75-52-55(53-76-65-64(74)62(72)60(70)57(80-65)54-77-66-63(73)61(71)59(69)56(51-67)79-66)78-58(68)49-47-45-43-41-39-37-35-33-31-29-24-22-20-18-16-14-12-10-8-6-4-2/h6,8,12,14,18,20,24,29,33,35,55-57,59-67,69-74H,3-5,7,9-11,13,15-17,19,21-23,25-28,30-32,34,36-54H2,1-2H3/b8-6-,14-12-,20-18-,29-24-,35-33-. The first-order chi connectivity index (χ1) is 39.1. The average Bonchev–Trinajstić information content (AvgIpc) is 3.52. The highest BCUT2D eigenvalue weighted by molar-refractivity contribution is 5.69. The first kappa shape index (κ1) is 73.8. The van der Waals surface area contributed by atoms with Gasteiger partial charge < -0.3 is 64.2 Å². The molecule has 2 aliphatic rings.